The highest BCUT2D eigenvalue weighted by atomic mass is 16.6. The molecule has 0 N–H and O–H groups in total. The van der Waals surface area contributed by atoms with Crippen molar-refractivity contribution < 1.29 is 23.7 Å². The first kappa shape index (κ1) is 17.4. The molecule has 27 heavy (non-hydrogen) atoms. The maximum Gasteiger partial charge on any atom is 0.257 e. The lowest BCUT2D eigenvalue weighted by Gasteiger charge is -2.33. The van der Waals surface area contributed by atoms with E-state index in [1.807, 2.05) is 12.1 Å². The van der Waals surface area contributed by atoms with Gasteiger partial charge in [-0.2, -0.15) is 4.98 Å². The van der Waals surface area contributed by atoms with E-state index in [1.165, 1.54) is 13.3 Å². The maximum atomic E-state index is 13.1. The van der Waals surface area contributed by atoms with Crippen LogP contribution >= 0.6 is 0 Å². The minimum absolute atomic E-state index is 0.0811. The molecule has 0 aliphatic carbocycles. The van der Waals surface area contributed by atoms with Gasteiger partial charge in [0.05, 0.1) is 31.6 Å². The molecule has 2 aliphatic rings. The lowest BCUT2D eigenvalue weighted by atomic mass is 10.1. The molecular weight excluding hydrogens is 350 g/mol. The molecule has 1 aromatic heterocycles. The SMILES string of the molecule is COc1cncc(OC2CCCN(C(=O)c3cccc4c3OCCO4)C2)n1. The van der Waals surface area contributed by atoms with Crippen LogP contribution in [0.4, 0.5) is 0 Å². The number of fused-ring (bicyclic) bond motifs is 1. The van der Waals surface area contributed by atoms with Gasteiger partial charge in [-0.25, -0.2) is 0 Å². The normalized spacial score (nSPS) is 18.7. The number of hydrogen-bond donors (Lipinski definition) is 0. The minimum Gasteiger partial charge on any atom is -0.486 e. The summed E-state index contributed by atoms with van der Waals surface area (Å²) in [6, 6.07) is 5.40. The Morgan fingerprint density at radius 1 is 1.22 bits per heavy atom. The van der Waals surface area contributed by atoms with E-state index in [9.17, 15) is 4.79 Å². The van der Waals surface area contributed by atoms with Crippen LogP contribution in [0.25, 0.3) is 0 Å². The molecular formula is C19H21N3O5. The van der Waals surface area contributed by atoms with Crippen LogP contribution in [0.2, 0.25) is 0 Å². The van der Waals surface area contributed by atoms with Gasteiger partial charge in [-0.3, -0.25) is 9.78 Å². The average molecular weight is 371 g/mol. The van der Waals surface area contributed by atoms with Gasteiger partial charge in [0.15, 0.2) is 11.5 Å². The predicted octanol–water partition coefficient (Wildman–Crippen LogP) is 1.94. The van der Waals surface area contributed by atoms with Gasteiger partial charge < -0.3 is 23.8 Å². The second kappa shape index (κ2) is 7.69. The van der Waals surface area contributed by atoms with E-state index in [0.717, 1.165) is 12.8 Å². The van der Waals surface area contributed by atoms with Crippen molar-refractivity contribution >= 4 is 5.91 Å². The zero-order valence-corrected chi connectivity index (χ0v) is 15.1. The van der Waals surface area contributed by atoms with Crippen molar-refractivity contribution in [2.45, 2.75) is 18.9 Å². The molecule has 1 amide bonds. The van der Waals surface area contributed by atoms with Gasteiger partial charge in [-0.15, -0.1) is 0 Å². The van der Waals surface area contributed by atoms with Crippen LogP contribution in [0.15, 0.2) is 30.6 Å². The lowest BCUT2D eigenvalue weighted by Crippen LogP contribution is -2.44. The third-order valence-corrected chi connectivity index (χ3v) is 4.55. The zero-order chi connectivity index (χ0) is 18.6. The average Bonchev–Trinajstić information content (AvgIpc) is 2.73. The number of amides is 1. The number of nitrogens with zero attached hydrogens (tertiary/aromatic N) is 3. The summed E-state index contributed by atoms with van der Waals surface area (Å²) in [6.45, 7) is 2.08. The number of benzene rings is 1. The number of carbonyl (C=O) groups excluding carboxylic acids is 1. The molecule has 1 saturated heterocycles. The van der Waals surface area contributed by atoms with Crippen LogP contribution in [-0.2, 0) is 0 Å². The molecule has 8 heteroatoms. The van der Waals surface area contributed by atoms with E-state index in [2.05, 4.69) is 9.97 Å². The first-order valence-electron chi connectivity index (χ1n) is 8.95. The molecule has 0 bridgehead atoms. The number of aromatic nitrogens is 2. The van der Waals surface area contributed by atoms with Crippen molar-refractivity contribution in [3.8, 4) is 23.3 Å². The van der Waals surface area contributed by atoms with Crippen molar-refractivity contribution in [3.63, 3.8) is 0 Å². The Kier molecular flexibility index (Phi) is 4.95. The molecule has 2 aliphatic heterocycles. The van der Waals surface area contributed by atoms with Crippen LogP contribution in [0.5, 0.6) is 23.3 Å². The molecule has 142 valence electrons. The number of rotatable bonds is 4. The Morgan fingerprint density at radius 2 is 2.07 bits per heavy atom. The van der Waals surface area contributed by atoms with E-state index in [1.54, 1.807) is 17.2 Å². The zero-order valence-electron chi connectivity index (χ0n) is 15.1. The Morgan fingerprint density at radius 3 is 2.96 bits per heavy atom. The van der Waals surface area contributed by atoms with Gasteiger partial charge in [0.25, 0.3) is 5.91 Å². The summed E-state index contributed by atoms with van der Waals surface area (Å²) in [4.78, 5) is 23.1. The fourth-order valence-electron chi connectivity index (χ4n) is 3.29. The molecule has 4 rings (SSSR count). The molecule has 8 nitrogen and oxygen atoms in total. The van der Waals surface area contributed by atoms with E-state index < -0.39 is 0 Å². The van der Waals surface area contributed by atoms with Crippen LogP contribution in [0, 0.1) is 0 Å². The molecule has 0 spiro atoms. The van der Waals surface area contributed by atoms with Crippen LogP contribution in [0.1, 0.15) is 23.2 Å². The standard InChI is InChI=1S/C19H21N3O5/c1-24-16-10-20-11-17(21-16)27-13-4-3-7-22(12-13)19(23)14-5-2-6-15-18(14)26-9-8-25-15/h2,5-6,10-11,13H,3-4,7-9,12H2,1H3. The number of carbonyl (C=O) groups is 1. The molecule has 1 atom stereocenters. The number of hydrogen-bond acceptors (Lipinski definition) is 7. The Labute approximate surface area is 157 Å². The van der Waals surface area contributed by atoms with E-state index in [-0.39, 0.29) is 12.0 Å². The summed E-state index contributed by atoms with van der Waals surface area (Å²) in [5.41, 5.74) is 0.522. The minimum atomic E-state index is -0.152. The van der Waals surface area contributed by atoms with Crippen LogP contribution in [0.3, 0.4) is 0 Å². The third-order valence-electron chi connectivity index (χ3n) is 4.55. The second-order valence-corrected chi connectivity index (χ2v) is 6.36. The number of likely N-dealkylation sites (tertiary alicyclic amines) is 1. The van der Waals surface area contributed by atoms with E-state index in [4.69, 9.17) is 18.9 Å². The largest absolute Gasteiger partial charge is 0.486 e. The van der Waals surface area contributed by atoms with Gasteiger partial charge in [-0.05, 0) is 25.0 Å². The van der Waals surface area contributed by atoms with Gasteiger partial charge >= 0.3 is 0 Å². The molecule has 3 heterocycles. The van der Waals surface area contributed by atoms with Crippen LogP contribution < -0.4 is 18.9 Å². The fraction of sp³-hybridized carbons (Fsp3) is 0.421. The monoisotopic (exact) mass is 371 g/mol. The number of piperidine rings is 1. The molecule has 2 aromatic rings. The highest BCUT2D eigenvalue weighted by molar-refractivity contribution is 5.98. The van der Waals surface area contributed by atoms with Crippen molar-refractivity contribution in [2.75, 3.05) is 33.4 Å². The van der Waals surface area contributed by atoms with Crippen molar-refractivity contribution in [3.05, 3.63) is 36.2 Å². The Bertz CT molecular complexity index is 829. The summed E-state index contributed by atoms with van der Waals surface area (Å²) in [5, 5.41) is 0. The smallest absolute Gasteiger partial charge is 0.257 e. The van der Waals surface area contributed by atoms with Crippen molar-refractivity contribution in [1.29, 1.82) is 0 Å². The second-order valence-electron chi connectivity index (χ2n) is 6.36. The van der Waals surface area contributed by atoms with E-state index >= 15 is 0 Å². The van der Waals surface area contributed by atoms with Crippen molar-refractivity contribution in [2.24, 2.45) is 0 Å². The first-order valence-corrected chi connectivity index (χ1v) is 8.95. The highest BCUT2D eigenvalue weighted by Gasteiger charge is 2.29. The highest BCUT2D eigenvalue weighted by Crippen LogP contribution is 2.34. The fourth-order valence-corrected chi connectivity index (χ4v) is 3.29. The van der Waals surface area contributed by atoms with Crippen molar-refractivity contribution in [1.82, 2.24) is 14.9 Å². The topological polar surface area (TPSA) is 83.0 Å². The third kappa shape index (κ3) is 3.74. The summed E-state index contributed by atoms with van der Waals surface area (Å²) < 4.78 is 22.2. The number of ether oxygens (including phenoxy) is 4. The van der Waals surface area contributed by atoms with Crippen LogP contribution in [-0.4, -0.2) is 60.3 Å². The molecule has 1 aromatic carbocycles. The summed E-state index contributed by atoms with van der Waals surface area (Å²) in [6.07, 6.45) is 4.60. The lowest BCUT2D eigenvalue weighted by molar-refractivity contribution is 0.0518. The Balaban J connectivity index is 1.47. The van der Waals surface area contributed by atoms with Gasteiger partial charge in [0.1, 0.15) is 19.3 Å². The summed E-state index contributed by atoms with van der Waals surface area (Å²) in [7, 11) is 1.53. The summed E-state index contributed by atoms with van der Waals surface area (Å²) in [5.74, 6) is 1.84. The molecule has 1 unspecified atom stereocenters. The van der Waals surface area contributed by atoms with E-state index in [0.29, 0.717) is 55.1 Å². The molecule has 0 saturated carbocycles. The molecule has 0 radical (unpaired) electrons. The van der Waals surface area contributed by atoms with Gasteiger partial charge in [-0.1, -0.05) is 6.07 Å². The Hall–Kier alpha value is -3.03. The molecule has 1 fully saturated rings. The first-order chi connectivity index (χ1) is 13.2. The number of methoxy groups -OCH3 is 1. The quantitative estimate of drug-likeness (QED) is 0.812. The predicted molar refractivity (Wildman–Crippen MR) is 95.6 cm³/mol. The van der Waals surface area contributed by atoms with Gasteiger partial charge in [0, 0.05) is 6.54 Å². The van der Waals surface area contributed by atoms with Gasteiger partial charge in [0.2, 0.25) is 11.8 Å². The summed E-state index contributed by atoms with van der Waals surface area (Å²) >= 11 is 0. The maximum absolute atomic E-state index is 13.1. The number of para-hydroxylation sites is 1.